The third-order valence-electron chi connectivity index (χ3n) is 2.92. The maximum Gasteiger partial charge on any atom is 0.142 e. The van der Waals surface area contributed by atoms with Gasteiger partial charge in [-0.05, 0) is 25.0 Å². The summed E-state index contributed by atoms with van der Waals surface area (Å²) >= 11 is 0. The molecule has 2 aromatic rings. The minimum atomic E-state index is -0.364. The number of H-pyrrole nitrogens is 1. The van der Waals surface area contributed by atoms with Crippen molar-refractivity contribution in [1.29, 1.82) is 5.26 Å². The van der Waals surface area contributed by atoms with Gasteiger partial charge in [-0.25, -0.2) is 9.37 Å². The zero-order valence-electron chi connectivity index (χ0n) is 7.92. The Morgan fingerprint density at radius 1 is 1.47 bits per heavy atom. The van der Waals surface area contributed by atoms with Gasteiger partial charge in [0.1, 0.15) is 11.5 Å². The van der Waals surface area contributed by atoms with Crippen LogP contribution in [-0.2, 0) is 5.41 Å². The second-order valence-corrected chi connectivity index (χ2v) is 3.97. The third-order valence-corrected chi connectivity index (χ3v) is 2.92. The second-order valence-electron chi connectivity index (χ2n) is 3.97. The lowest BCUT2D eigenvalue weighted by atomic mass is 10.1. The Morgan fingerprint density at radius 3 is 2.93 bits per heavy atom. The number of hydrogen-bond donors (Lipinski definition) is 1. The van der Waals surface area contributed by atoms with Gasteiger partial charge in [-0.15, -0.1) is 0 Å². The topological polar surface area (TPSA) is 52.5 Å². The van der Waals surface area contributed by atoms with Gasteiger partial charge in [0.05, 0.1) is 17.7 Å². The van der Waals surface area contributed by atoms with Crippen LogP contribution in [0.5, 0.6) is 0 Å². The Morgan fingerprint density at radius 2 is 2.27 bits per heavy atom. The highest BCUT2D eigenvalue weighted by atomic mass is 19.1. The number of nitrogens with one attached hydrogen (secondary N) is 1. The van der Waals surface area contributed by atoms with Crippen LogP contribution < -0.4 is 0 Å². The average Bonchev–Trinajstić information content (AvgIpc) is 2.93. The van der Waals surface area contributed by atoms with Gasteiger partial charge < -0.3 is 4.98 Å². The van der Waals surface area contributed by atoms with Gasteiger partial charge in [-0.3, -0.25) is 0 Å². The molecule has 0 amide bonds. The Bertz CT molecular complexity index is 575. The van der Waals surface area contributed by atoms with Crippen molar-refractivity contribution in [3.05, 3.63) is 29.8 Å². The molecule has 0 atom stereocenters. The zero-order valence-corrected chi connectivity index (χ0v) is 7.92. The predicted octanol–water partition coefficient (Wildman–Crippen LogP) is 2.26. The average molecular weight is 201 g/mol. The first-order chi connectivity index (χ1) is 7.23. The van der Waals surface area contributed by atoms with E-state index in [1.807, 2.05) is 6.07 Å². The molecule has 1 aliphatic carbocycles. The highest BCUT2D eigenvalue weighted by molar-refractivity contribution is 5.77. The van der Waals surface area contributed by atoms with Crippen molar-refractivity contribution in [2.75, 3.05) is 0 Å². The number of rotatable bonds is 1. The maximum absolute atomic E-state index is 12.9. The minimum absolute atomic E-state index is 0.352. The predicted molar refractivity (Wildman–Crippen MR) is 52.6 cm³/mol. The zero-order chi connectivity index (χ0) is 10.5. The lowest BCUT2D eigenvalue weighted by molar-refractivity contribution is 0.624. The Labute approximate surface area is 85.6 Å². The minimum Gasteiger partial charge on any atom is -0.342 e. The molecule has 4 heteroatoms. The number of pyridine rings is 1. The molecule has 1 fully saturated rings. The number of hydrogen-bond acceptors (Lipinski definition) is 2. The summed E-state index contributed by atoms with van der Waals surface area (Å²) in [6, 6.07) is 5.54. The first kappa shape index (κ1) is 8.42. The maximum atomic E-state index is 12.9. The van der Waals surface area contributed by atoms with Gasteiger partial charge in [0.15, 0.2) is 0 Å². The highest BCUT2D eigenvalue weighted by Gasteiger charge is 2.46. The quantitative estimate of drug-likeness (QED) is 0.769. The fourth-order valence-electron chi connectivity index (χ4n) is 1.81. The van der Waals surface area contributed by atoms with Crippen molar-refractivity contribution in [1.82, 2.24) is 9.97 Å². The molecule has 0 unspecified atom stereocenters. The van der Waals surface area contributed by atoms with Crippen molar-refractivity contribution in [2.24, 2.45) is 0 Å². The summed E-state index contributed by atoms with van der Waals surface area (Å²) in [6.45, 7) is 0. The van der Waals surface area contributed by atoms with Crippen LogP contribution in [0.1, 0.15) is 18.5 Å². The molecule has 2 aromatic heterocycles. The fraction of sp³-hybridized carbons (Fsp3) is 0.273. The van der Waals surface area contributed by atoms with E-state index in [0.717, 1.165) is 23.9 Å². The van der Waals surface area contributed by atoms with E-state index in [-0.39, 0.29) is 11.2 Å². The number of aromatic nitrogens is 2. The first-order valence-corrected chi connectivity index (χ1v) is 4.79. The summed E-state index contributed by atoms with van der Waals surface area (Å²) in [5.74, 6) is -0.352. The van der Waals surface area contributed by atoms with E-state index in [1.165, 1.54) is 12.3 Å². The van der Waals surface area contributed by atoms with Gasteiger partial charge in [0, 0.05) is 11.1 Å². The van der Waals surface area contributed by atoms with E-state index in [1.54, 1.807) is 0 Å². The van der Waals surface area contributed by atoms with Gasteiger partial charge in [0.2, 0.25) is 0 Å². The molecule has 0 radical (unpaired) electrons. The molecule has 74 valence electrons. The molecule has 1 saturated carbocycles. The summed E-state index contributed by atoms with van der Waals surface area (Å²) in [5.41, 5.74) is 1.14. The van der Waals surface area contributed by atoms with Gasteiger partial charge in [-0.2, -0.15) is 5.26 Å². The van der Waals surface area contributed by atoms with Crippen LogP contribution in [0.2, 0.25) is 0 Å². The number of nitrogens with zero attached hydrogens (tertiary/aromatic N) is 2. The van der Waals surface area contributed by atoms with Crippen LogP contribution in [-0.4, -0.2) is 9.97 Å². The summed E-state index contributed by atoms with van der Waals surface area (Å²) in [6.07, 6.45) is 2.92. The molecule has 2 heterocycles. The standard InChI is InChI=1S/C11H8FN3/c12-8-3-7-4-9(11(6-13)1-2-11)15-10(7)14-5-8/h3-5H,1-2H2,(H,14,15). The number of nitriles is 1. The first-order valence-electron chi connectivity index (χ1n) is 4.79. The van der Waals surface area contributed by atoms with Crippen LogP contribution >= 0.6 is 0 Å². The van der Waals surface area contributed by atoms with Crippen molar-refractivity contribution in [3.8, 4) is 6.07 Å². The largest absolute Gasteiger partial charge is 0.342 e. The van der Waals surface area contributed by atoms with Crippen molar-refractivity contribution in [2.45, 2.75) is 18.3 Å². The second kappa shape index (κ2) is 2.57. The molecule has 0 spiro atoms. The molecule has 0 saturated heterocycles. The molecule has 15 heavy (non-hydrogen) atoms. The van der Waals surface area contributed by atoms with Gasteiger partial charge in [0.25, 0.3) is 0 Å². The van der Waals surface area contributed by atoms with Crippen LogP contribution in [0.15, 0.2) is 18.3 Å². The highest BCUT2D eigenvalue weighted by Crippen LogP contribution is 2.47. The Kier molecular flexibility index (Phi) is 1.44. The number of fused-ring (bicyclic) bond motifs is 1. The van der Waals surface area contributed by atoms with E-state index in [9.17, 15) is 4.39 Å². The van der Waals surface area contributed by atoms with Gasteiger partial charge >= 0.3 is 0 Å². The summed E-state index contributed by atoms with van der Waals surface area (Å²) in [7, 11) is 0. The van der Waals surface area contributed by atoms with Crippen LogP contribution in [0, 0.1) is 17.1 Å². The number of halogens is 1. The third kappa shape index (κ3) is 1.13. The molecule has 3 rings (SSSR count). The van der Waals surface area contributed by atoms with E-state index in [2.05, 4.69) is 16.0 Å². The molecule has 0 aliphatic heterocycles. The monoisotopic (exact) mass is 201 g/mol. The summed E-state index contributed by atoms with van der Waals surface area (Å²) < 4.78 is 12.9. The Balaban J connectivity index is 2.19. The van der Waals surface area contributed by atoms with Crippen LogP contribution in [0.4, 0.5) is 4.39 Å². The normalized spacial score (nSPS) is 17.6. The summed E-state index contributed by atoms with van der Waals surface area (Å²) in [4.78, 5) is 7.01. The van der Waals surface area contributed by atoms with Gasteiger partial charge in [-0.1, -0.05) is 0 Å². The molecule has 0 aromatic carbocycles. The summed E-state index contributed by atoms with van der Waals surface area (Å²) in [5, 5.41) is 9.75. The fourth-order valence-corrected chi connectivity index (χ4v) is 1.81. The van der Waals surface area contributed by atoms with E-state index in [0.29, 0.717) is 5.65 Å². The lowest BCUT2D eigenvalue weighted by Crippen LogP contribution is -2.02. The molecule has 3 nitrogen and oxygen atoms in total. The van der Waals surface area contributed by atoms with E-state index in [4.69, 9.17) is 5.26 Å². The molecular weight excluding hydrogens is 193 g/mol. The van der Waals surface area contributed by atoms with Crippen molar-refractivity contribution in [3.63, 3.8) is 0 Å². The molecule has 0 bridgehead atoms. The van der Waals surface area contributed by atoms with Crippen LogP contribution in [0.3, 0.4) is 0 Å². The van der Waals surface area contributed by atoms with Crippen molar-refractivity contribution < 1.29 is 4.39 Å². The van der Waals surface area contributed by atoms with Crippen LogP contribution in [0.25, 0.3) is 11.0 Å². The molecule has 1 N–H and O–H groups in total. The van der Waals surface area contributed by atoms with E-state index < -0.39 is 0 Å². The SMILES string of the molecule is N#CC1(c2cc3cc(F)cnc3[nH]2)CC1. The van der Waals surface area contributed by atoms with E-state index >= 15 is 0 Å². The smallest absolute Gasteiger partial charge is 0.142 e. The Hall–Kier alpha value is -1.89. The molecular formula is C11H8FN3. The number of aromatic amines is 1. The van der Waals surface area contributed by atoms with Crippen molar-refractivity contribution >= 4 is 11.0 Å². The lowest BCUT2D eigenvalue weighted by Gasteiger charge is -1.99. The molecule has 1 aliphatic rings.